The second kappa shape index (κ2) is 6.85. The summed E-state index contributed by atoms with van der Waals surface area (Å²) in [6, 6.07) is 8.45. The maximum Gasteiger partial charge on any atom is 0.164 e. The maximum atomic E-state index is 12.3. The summed E-state index contributed by atoms with van der Waals surface area (Å²) in [5, 5.41) is 3.49. The third-order valence-electron chi connectivity index (χ3n) is 4.30. The Kier molecular flexibility index (Phi) is 5.15. The highest BCUT2D eigenvalue weighted by Crippen LogP contribution is 2.22. The van der Waals surface area contributed by atoms with E-state index in [-0.39, 0.29) is 5.78 Å². The number of benzene rings is 1. The molecule has 2 heteroatoms. The Morgan fingerprint density at radius 2 is 2.00 bits per heavy atom. The van der Waals surface area contributed by atoms with Crippen molar-refractivity contribution in [1.29, 1.82) is 0 Å². The van der Waals surface area contributed by atoms with Gasteiger partial charge in [0.15, 0.2) is 5.78 Å². The highest BCUT2D eigenvalue weighted by Gasteiger charge is 2.22. The fraction of sp³-hybridized carbons (Fsp3) is 0.588. The van der Waals surface area contributed by atoms with Crippen molar-refractivity contribution in [2.45, 2.75) is 52.0 Å². The lowest BCUT2D eigenvalue weighted by Crippen LogP contribution is -2.39. The lowest BCUT2D eigenvalue weighted by atomic mass is 9.87. The Balaban J connectivity index is 1.92. The molecule has 2 nitrogen and oxygen atoms in total. The van der Waals surface area contributed by atoms with Gasteiger partial charge in [0.25, 0.3) is 0 Å². The van der Waals surface area contributed by atoms with Crippen LogP contribution in [0.5, 0.6) is 0 Å². The number of carbonyl (C=O) groups is 1. The summed E-state index contributed by atoms with van der Waals surface area (Å²) in [5.74, 6) is 1.07. The molecule has 1 N–H and O–H groups in total. The number of nitrogens with one attached hydrogen (secondary N) is 1. The van der Waals surface area contributed by atoms with Crippen molar-refractivity contribution >= 4 is 5.78 Å². The number of aryl methyl sites for hydroxylation is 1. The van der Waals surface area contributed by atoms with Gasteiger partial charge in [-0.05, 0) is 37.3 Å². The Morgan fingerprint density at radius 3 is 2.63 bits per heavy atom. The summed E-state index contributed by atoms with van der Waals surface area (Å²) in [6.07, 6.45) is 5.30. The zero-order chi connectivity index (χ0) is 13.7. The molecule has 1 aliphatic rings. The molecule has 1 aromatic carbocycles. The molecule has 104 valence electrons. The lowest BCUT2D eigenvalue weighted by Gasteiger charge is -2.29. The first-order valence-electron chi connectivity index (χ1n) is 7.58. The first-order chi connectivity index (χ1) is 9.22. The Hall–Kier alpha value is -1.15. The van der Waals surface area contributed by atoms with Crippen LogP contribution in [-0.2, 0) is 6.42 Å². The van der Waals surface area contributed by atoms with Gasteiger partial charge in [0.05, 0.1) is 0 Å². The average Bonchev–Trinajstić information content (AvgIpc) is 2.47. The van der Waals surface area contributed by atoms with Crippen LogP contribution in [-0.4, -0.2) is 18.4 Å². The summed E-state index contributed by atoms with van der Waals surface area (Å²) in [7, 11) is 0. The Labute approximate surface area is 116 Å². The molecule has 0 aromatic heterocycles. The van der Waals surface area contributed by atoms with E-state index in [9.17, 15) is 4.79 Å². The second-order valence-electron chi connectivity index (χ2n) is 5.63. The van der Waals surface area contributed by atoms with Crippen LogP contribution in [0.25, 0.3) is 0 Å². The van der Waals surface area contributed by atoms with Gasteiger partial charge in [-0.25, -0.2) is 0 Å². The van der Waals surface area contributed by atoms with Crippen molar-refractivity contribution < 1.29 is 4.79 Å². The number of hydrogen-bond acceptors (Lipinski definition) is 2. The van der Waals surface area contributed by atoms with Gasteiger partial charge in [-0.3, -0.25) is 4.79 Å². The first-order valence-corrected chi connectivity index (χ1v) is 7.58. The molecule has 1 saturated heterocycles. The number of piperidine rings is 1. The number of hydrogen-bond donors (Lipinski definition) is 1. The van der Waals surface area contributed by atoms with E-state index in [1.165, 1.54) is 18.4 Å². The molecule has 1 fully saturated rings. The molecule has 1 heterocycles. The van der Waals surface area contributed by atoms with Crippen LogP contribution in [0, 0.1) is 5.92 Å². The zero-order valence-electron chi connectivity index (χ0n) is 12.1. The highest BCUT2D eigenvalue weighted by atomic mass is 16.1. The maximum absolute atomic E-state index is 12.3. The molecular weight excluding hydrogens is 234 g/mol. The molecule has 2 rings (SSSR count). The van der Waals surface area contributed by atoms with Gasteiger partial charge in [0, 0.05) is 18.0 Å². The van der Waals surface area contributed by atoms with Crippen LogP contribution in [0.1, 0.15) is 55.5 Å². The van der Waals surface area contributed by atoms with Gasteiger partial charge in [-0.1, -0.05) is 44.5 Å². The van der Waals surface area contributed by atoms with Crippen LogP contribution in [0.2, 0.25) is 0 Å². The summed E-state index contributed by atoms with van der Waals surface area (Å²) >= 11 is 0. The molecule has 0 bridgehead atoms. The summed E-state index contributed by atoms with van der Waals surface area (Å²) in [5.41, 5.74) is 2.15. The fourth-order valence-electron chi connectivity index (χ4n) is 2.89. The van der Waals surface area contributed by atoms with Crippen LogP contribution < -0.4 is 5.32 Å². The van der Waals surface area contributed by atoms with Crippen molar-refractivity contribution in [3.05, 3.63) is 35.4 Å². The predicted molar refractivity (Wildman–Crippen MR) is 79.6 cm³/mol. The molecule has 19 heavy (non-hydrogen) atoms. The largest absolute Gasteiger partial charge is 0.314 e. The van der Waals surface area contributed by atoms with E-state index in [1.54, 1.807) is 0 Å². The van der Waals surface area contributed by atoms with E-state index < -0.39 is 0 Å². The minimum Gasteiger partial charge on any atom is -0.314 e. The third-order valence-corrected chi connectivity index (χ3v) is 4.30. The van der Waals surface area contributed by atoms with Crippen LogP contribution in [0.4, 0.5) is 0 Å². The van der Waals surface area contributed by atoms with Crippen LogP contribution >= 0.6 is 0 Å². The van der Waals surface area contributed by atoms with Gasteiger partial charge in [-0.2, -0.15) is 0 Å². The molecule has 0 radical (unpaired) electrons. The Bertz CT molecular complexity index is 410. The number of Topliss-reactive ketones (excluding diaryl/α,β-unsaturated/α-hetero) is 1. The smallest absolute Gasteiger partial charge is 0.164 e. The van der Waals surface area contributed by atoms with Crippen molar-refractivity contribution in [1.82, 2.24) is 5.32 Å². The standard InChI is InChI=1S/C17H25NO/c1-3-13-5-7-15(8-6-13)17(19)12-16-11-14(4-2)9-10-18-16/h5-8,14,16,18H,3-4,9-12H2,1-2H3. The second-order valence-corrected chi connectivity index (χ2v) is 5.63. The molecule has 0 saturated carbocycles. The molecule has 2 atom stereocenters. The predicted octanol–water partition coefficient (Wildman–Crippen LogP) is 3.60. The molecule has 0 spiro atoms. The summed E-state index contributed by atoms with van der Waals surface area (Å²) in [6.45, 7) is 5.44. The molecular formula is C17H25NO. The van der Waals surface area contributed by atoms with Crippen molar-refractivity contribution in [3.63, 3.8) is 0 Å². The molecule has 0 amide bonds. The fourth-order valence-corrected chi connectivity index (χ4v) is 2.89. The van der Waals surface area contributed by atoms with E-state index in [0.29, 0.717) is 12.5 Å². The molecule has 2 unspecified atom stereocenters. The average molecular weight is 259 g/mol. The molecule has 1 aliphatic heterocycles. The van der Waals surface area contributed by atoms with Crippen molar-refractivity contribution in [3.8, 4) is 0 Å². The zero-order valence-corrected chi connectivity index (χ0v) is 12.1. The van der Waals surface area contributed by atoms with E-state index in [2.05, 4.69) is 31.3 Å². The van der Waals surface area contributed by atoms with E-state index in [4.69, 9.17) is 0 Å². The highest BCUT2D eigenvalue weighted by molar-refractivity contribution is 5.96. The first kappa shape index (κ1) is 14.3. The van der Waals surface area contributed by atoms with Gasteiger partial charge in [-0.15, -0.1) is 0 Å². The summed E-state index contributed by atoms with van der Waals surface area (Å²) in [4.78, 5) is 12.3. The van der Waals surface area contributed by atoms with Crippen LogP contribution in [0.15, 0.2) is 24.3 Å². The number of rotatable bonds is 5. The Morgan fingerprint density at radius 1 is 1.26 bits per heavy atom. The van der Waals surface area contributed by atoms with E-state index in [0.717, 1.165) is 30.9 Å². The van der Waals surface area contributed by atoms with Crippen molar-refractivity contribution in [2.75, 3.05) is 6.54 Å². The SMILES string of the molecule is CCc1ccc(C(=O)CC2CC(CC)CCN2)cc1. The third kappa shape index (κ3) is 3.90. The van der Waals surface area contributed by atoms with E-state index >= 15 is 0 Å². The summed E-state index contributed by atoms with van der Waals surface area (Å²) < 4.78 is 0. The number of ketones is 1. The molecule has 0 aliphatic carbocycles. The normalized spacial score (nSPS) is 23.3. The quantitative estimate of drug-likeness (QED) is 0.819. The minimum absolute atomic E-state index is 0.275. The topological polar surface area (TPSA) is 29.1 Å². The van der Waals surface area contributed by atoms with Gasteiger partial charge in [0.1, 0.15) is 0 Å². The number of carbonyl (C=O) groups excluding carboxylic acids is 1. The van der Waals surface area contributed by atoms with Crippen LogP contribution in [0.3, 0.4) is 0 Å². The van der Waals surface area contributed by atoms with Gasteiger partial charge in [0.2, 0.25) is 0 Å². The van der Waals surface area contributed by atoms with Gasteiger partial charge >= 0.3 is 0 Å². The van der Waals surface area contributed by atoms with Crippen molar-refractivity contribution in [2.24, 2.45) is 5.92 Å². The monoisotopic (exact) mass is 259 g/mol. The molecule has 1 aromatic rings. The van der Waals surface area contributed by atoms with E-state index in [1.807, 2.05) is 12.1 Å². The minimum atomic E-state index is 0.275. The van der Waals surface area contributed by atoms with Gasteiger partial charge < -0.3 is 5.32 Å². The lowest BCUT2D eigenvalue weighted by molar-refractivity contribution is 0.0957.